The summed E-state index contributed by atoms with van der Waals surface area (Å²) >= 11 is 0. The van der Waals surface area contributed by atoms with Crippen molar-refractivity contribution in [2.45, 2.75) is 38.2 Å². The second-order valence-corrected chi connectivity index (χ2v) is 6.89. The van der Waals surface area contributed by atoms with Crippen molar-refractivity contribution < 1.29 is 9.53 Å². The molecule has 0 radical (unpaired) electrons. The Hall–Kier alpha value is -2.13. The van der Waals surface area contributed by atoms with Crippen LogP contribution in [0.2, 0.25) is 0 Å². The summed E-state index contributed by atoms with van der Waals surface area (Å²) in [5.41, 5.74) is 2.24. The summed E-state index contributed by atoms with van der Waals surface area (Å²) in [5.74, 6) is 0.514. The molecule has 0 saturated carbocycles. The molecule has 1 N–H and O–H groups in total. The lowest BCUT2D eigenvalue weighted by molar-refractivity contribution is -0.149. The van der Waals surface area contributed by atoms with E-state index in [9.17, 15) is 4.79 Å². The van der Waals surface area contributed by atoms with Crippen molar-refractivity contribution in [1.82, 2.24) is 5.32 Å². The second kappa shape index (κ2) is 9.38. The molecule has 1 unspecified atom stereocenters. The van der Waals surface area contributed by atoms with Gasteiger partial charge in [0.2, 0.25) is 0 Å². The molecule has 1 atom stereocenters. The highest BCUT2D eigenvalue weighted by molar-refractivity contribution is 5.72. The van der Waals surface area contributed by atoms with Crippen molar-refractivity contribution in [3.8, 4) is 0 Å². The van der Waals surface area contributed by atoms with Crippen molar-refractivity contribution >= 4 is 5.97 Å². The average molecular weight is 337 g/mol. The topological polar surface area (TPSA) is 38.3 Å². The molecule has 3 nitrogen and oxygen atoms in total. The standard InChI is InChI=1S/C22H27NO2/c24-22(17-19-9-5-2-6-10-19)25-21(15-18-7-3-1-4-8-18)16-20-11-13-23-14-12-20/h1-10,20-21,23H,11-17H2. The maximum Gasteiger partial charge on any atom is 0.310 e. The van der Waals surface area contributed by atoms with Gasteiger partial charge in [0.15, 0.2) is 0 Å². The Kier molecular flexibility index (Phi) is 6.63. The van der Waals surface area contributed by atoms with Crippen LogP contribution in [0.25, 0.3) is 0 Å². The molecule has 25 heavy (non-hydrogen) atoms. The van der Waals surface area contributed by atoms with E-state index in [1.807, 2.05) is 48.5 Å². The number of ether oxygens (including phenoxy) is 1. The maximum absolute atomic E-state index is 12.4. The van der Waals surface area contributed by atoms with Gasteiger partial charge in [0.05, 0.1) is 6.42 Å². The summed E-state index contributed by atoms with van der Waals surface area (Å²) in [6.07, 6.45) is 4.39. The summed E-state index contributed by atoms with van der Waals surface area (Å²) < 4.78 is 5.90. The predicted molar refractivity (Wildman–Crippen MR) is 100 cm³/mol. The van der Waals surface area contributed by atoms with Crippen molar-refractivity contribution in [2.75, 3.05) is 13.1 Å². The van der Waals surface area contributed by atoms with Gasteiger partial charge in [-0.2, -0.15) is 0 Å². The minimum absolute atomic E-state index is 0.0401. The summed E-state index contributed by atoms with van der Waals surface area (Å²) in [6.45, 7) is 2.14. The van der Waals surface area contributed by atoms with E-state index in [1.165, 1.54) is 18.4 Å². The molecular weight excluding hydrogens is 310 g/mol. The highest BCUT2D eigenvalue weighted by Gasteiger charge is 2.22. The summed E-state index contributed by atoms with van der Waals surface area (Å²) in [6, 6.07) is 20.2. The zero-order valence-corrected chi connectivity index (χ0v) is 14.7. The molecular formula is C22H27NO2. The van der Waals surface area contributed by atoms with Crippen LogP contribution in [0.5, 0.6) is 0 Å². The van der Waals surface area contributed by atoms with Crippen molar-refractivity contribution in [3.05, 3.63) is 71.8 Å². The Balaban J connectivity index is 1.61. The number of carbonyl (C=O) groups excluding carboxylic acids is 1. The first-order valence-electron chi connectivity index (χ1n) is 9.27. The first kappa shape index (κ1) is 17.7. The van der Waals surface area contributed by atoms with Crippen LogP contribution in [0.1, 0.15) is 30.4 Å². The maximum atomic E-state index is 12.4. The molecule has 1 heterocycles. The van der Waals surface area contributed by atoms with Gasteiger partial charge in [0.25, 0.3) is 0 Å². The number of rotatable bonds is 7. The normalized spacial score (nSPS) is 16.3. The van der Waals surface area contributed by atoms with Gasteiger partial charge in [-0.05, 0) is 49.4 Å². The van der Waals surface area contributed by atoms with Crippen LogP contribution in [0.15, 0.2) is 60.7 Å². The molecule has 0 aromatic heterocycles. The van der Waals surface area contributed by atoms with Crippen molar-refractivity contribution in [3.63, 3.8) is 0 Å². The van der Waals surface area contributed by atoms with Crippen LogP contribution < -0.4 is 5.32 Å². The number of nitrogens with one attached hydrogen (secondary N) is 1. The highest BCUT2D eigenvalue weighted by atomic mass is 16.5. The lowest BCUT2D eigenvalue weighted by atomic mass is 9.90. The van der Waals surface area contributed by atoms with Crippen LogP contribution in [0, 0.1) is 5.92 Å². The zero-order valence-electron chi connectivity index (χ0n) is 14.7. The van der Waals surface area contributed by atoms with E-state index < -0.39 is 0 Å². The fourth-order valence-corrected chi connectivity index (χ4v) is 3.53. The third-order valence-electron chi connectivity index (χ3n) is 4.85. The number of hydrogen-bond acceptors (Lipinski definition) is 3. The van der Waals surface area contributed by atoms with Gasteiger partial charge in [-0.3, -0.25) is 4.79 Å². The highest BCUT2D eigenvalue weighted by Crippen LogP contribution is 2.22. The molecule has 2 aromatic rings. The molecule has 0 aliphatic carbocycles. The average Bonchev–Trinajstić information content (AvgIpc) is 2.64. The van der Waals surface area contributed by atoms with E-state index in [0.717, 1.165) is 31.5 Å². The van der Waals surface area contributed by atoms with Gasteiger partial charge in [-0.25, -0.2) is 0 Å². The minimum atomic E-state index is -0.124. The third-order valence-corrected chi connectivity index (χ3v) is 4.85. The van der Waals surface area contributed by atoms with Crippen LogP contribution in [0.4, 0.5) is 0 Å². The van der Waals surface area contributed by atoms with Crippen molar-refractivity contribution in [1.29, 1.82) is 0 Å². The van der Waals surface area contributed by atoms with Crippen LogP contribution >= 0.6 is 0 Å². The molecule has 1 fully saturated rings. The van der Waals surface area contributed by atoms with E-state index in [0.29, 0.717) is 12.3 Å². The zero-order chi connectivity index (χ0) is 17.3. The Labute approximate surface area is 150 Å². The quantitative estimate of drug-likeness (QED) is 0.782. The SMILES string of the molecule is O=C(Cc1ccccc1)OC(Cc1ccccc1)CC1CCNCC1. The summed E-state index contributed by atoms with van der Waals surface area (Å²) in [4.78, 5) is 12.4. The smallest absolute Gasteiger partial charge is 0.310 e. The Morgan fingerprint density at radius 1 is 0.960 bits per heavy atom. The first-order chi connectivity index (χ1) is 12.3. The Morgan fingerprint density at radius 3 is 2.20 bits per heavy atom. The number of hydrogen-bond donors (Lipinski definition) is 1. The summed E-state index contributed by atoms with van der Waals surface area (Å²) in [5, 5.41) is 3.40. The van der Waals surface area contributed by atoms with E-state index in [4.69, 9.17) is 4.74 Å². The lowest BCUT2D eigenvalue weighted by Gasteiger charge is -2.27. The first-order valence-corrected chi connectivity index (χ1v) is 9.27. The Morgan fingerprint density at radius 2 is 1.56 bits per heavy atom. The number of carbonyl (C=O) groups is 1. The molecule has 2 aromatic carbocycles. The molecule has 0 spiro atoms. The fraction of sp³-hybridized carbons (Fsp3) is 0.409. The second-order valence-electron chi connectivity index (χ2n) is 6.89. The van der Waals surface area contributed by atoms with Gasteiger partial charge < -0.3 is 10.1 Å². The number of benzene rings is 2. The molecule has 1 aliphatic rings. The lowest BCUT2D eigenvalue weighted by Crippen LogP contribution is -2.32. The molecule has 1 aliphatic heterocycles. The van der Waals surface area contributed by atoms with Gasteiger partial charge in [0, 0.05) is 6.42 Å². The van der Waals surface area contributed by atoms with Crippen LogP contribution in [-0.4, -0.2) is 25.2 Å². The van der Waals surface area contributed by atoms with Gasteiger partial charge in [-0.1, -0.05) is 60.7 Å². The van der Waals surface area contributed by atoms with E-state index in [-0.39, 0.29) is 12.1 Å². The van der Waals surface area contributed by atoms with Crippen LogP contribution in [0.3, 0.4) is 0 Å². The predicted octanol–water partition coefficient (Wildman–Crippen LogP) is 3.77. The van der Waals surface area contributed by atoms with Crippen molar-refractivity contribution in [2.24, 2.45) is 5.92 Å². The molecule has 3 heteroatoms. The monoisotopic (exact) mass is 337 g/mol. The minimum Gasteiger partial charge on any atom is -0.462 e. The van der Waals surface area contributed by atoms with Gasteiger partial charge in [-0.15, -0.1) is 0 Å². The van der Waals surface area contributed by atoms with Gasteiger partial charge >= 0.3 is 5.97 Å². The largest absolute Gasteiger partial charge is 0.462 e. The fourth-order valence-electron chi connectivity index (χ4n) is 3.53. The van der Waals surface area contributed by atoms with E-state index in [2.05, 4.69) is 17.4 Å². The number of piperidine rings is 1. The Bertz CT molecular complexity index is 636. The van der Waals surface area contributed by atoms with E-state index in [1.54, 1.807) is 0 Å². The van der Waals surface area contributed by atoms with Crippen LogP contribution in [-0.2, 0) is 22.4 Å². The third kappa shape index (κ3) is 6.02. The molecule has 1 saturated heterocycles. The van der Waals surface area contributed by atoms with E-state index >= 15 is 0 Å². The van der Waals surface area contributed by atoms with Gasteiger partial charge in [0.1, 0.15) is 6.10 Å². The molecule has 0 amide bonds. The summed E-state index contributed by atoms with van der Waals surface area (Å²) in [7, 11) is 0. The molecule has 3 rings (SSSR count). The molecule has 132 valence electrons. The molecule has 0 bridgehead atoms. The number of esters is 1.